The third kappa shape index (κ3) is 4.59. The number of ether oxygens (including phenoxy) is 3. The molecule has 1 N–H and O–H groups in total. The van der Waals surface area contributed by atoms with E-state index in [0.29, 0.717) is 27.1 Å². The van der Waals surface area contributed by atoms with Crippen molar-refractivity contribution in [3.8, 4) is 11.5 Å². The second-order valence-electron chi connectivity index (χ2n) is 7.08. The third-order valence-corrected chi connectivity index (χ3v) is 6.11. The Kier molecular flexibility index (Phi) is 6.70. The molecule has 0 spiro atoms. The van der Waals surface area contributed by atoms with E-state index in [1.54, 1.807) is 39.4 Å². The maximum Gasteiger partial charge on any atom is 0.344 e. The zero-order valence-electron chi connectivity index (χ0n) is 18.5. The smallest absolute Gasteiger partial charge is 0.344 e. The molecule has 4 rings (SSSR count). The number of fused-ring (bicyclic) bond motifs is 1. The minimum atomic E-state index is -0.619. The lowest BCUT2D eigenvalue weighted by atomic mass is 10.1. The lowest BCUT2D eigenvalue weighted by molar-refractivity contribution is -0.138. The van der Waals surface area contributed by atoms with Crippen molar-refractivity contribution >= 4 is 45.3 Å². The first kappa shape index (κ1) is 22.5. The molecule has 0 saturated heterocycles. The van der Waals surface area contributed by atoms with Crippen LogP contribution in [0.25, 0.3) is 16.8 Å². The number of carbonyl (C=O) groups excluding carboxylic acids is 1. The number of methoxy groups -OCH3 is 2. The summed E-state index contributed by atoms with van der Waals surface area (Å²) in [4.78, 5) is 17.9. The summed E-state index contributed by atoms with van der Waals surface area (Å²) in [5.41, 5.74) is 1.48. The van der Waals surface area contributed by atoms with E-state index in [-0.39, 0.29) is 17.9 Å². The van der Waals surface area contributed by atoms with Gasteiger partial charge in [-0.25, -0.2) is 9.79 Å². The highest BCUT2D eigenvalue weighted by Gasteiger charge is 2.33. The molecule has 0 aromatic heterocycles. The van der Waals surface area contributed by atoms with Gasteiger partial charge in [0.15, 0.2) is 0 Å². The molecule has 0 aliphatic carbocycles. The van der Waals surface area contributed by atoms with Gasteiger partial charge in [-0.15, -0.1) is 0 Å². The summed E-state index contributed by atoms with van der Waals surface area (Å²) in [5, 5.41) is 13.3. The summed E-state index contributed by atoms with van der Waals surface area (Å²) in [6.07, 6.45) is 1.75. The van der Waals surface area contributed by atoms with Gasteiger partial charge in [-0.3, -0.25) is 0 Å². The van der Waals surface area contributed by atoms with Crippen LogP contribution in [-0.2, 0) is 9.53 Å². The average Bonchev–Trinajstić information content (AvgIpc) is 3.14. The van der Waals surface area contributed by atoms with Crippen LogP contribution in [0.4, 0.5) is 5.69 Å². The number of aliphatic hydroxyl groups is 1. The van der Waals surface area contributed by atoms with Crippen LogP contribution in [0.2, 0.25) is 0 Å². The van der Waals surface area contributed by atoms with Crippen molar-refractivity contribution in [3.05, 3.63) is 82.5 Å². The first-order valence-corrected chi connectivity index (χ1v) is 11.2. The van der Waals surface area contributed by atoms with Crippen molar-refractivity contribution in [3.63, 3.8) is 0 Å². The molecular weight excluding hydrogens is 438 g/mol. The molecule has 3 aromatic rings. The number of rotatable bonds is 6. The highest BCUT2D eigenvalue weighted by molar-refractivity contribution is 8.18. The van der Waals surface area contributed by atoms with E-state index in [1.807, 2.05) is 48.5 Å². The molecule has 1 heterocycles. The Morgan fingerprint density at radius 1 is 1.06 bits per heavy atom. The molecule has 0 amide bonds. The van der Waals surface area contributed by atoms with Crippen molar-refractivity contribution in [1.82, 2.24) is 0 Å². The Labute approximate surface area is 196 Å². The monoisotopic (exact) mass is 461 g/mol. The Bertz CT molecular complexity index is 1300. The normalized spacial score (nSPS) is 16.0. The van der Waals surface area contributed by atoms with Gasteiger partial charge < -0.3 is 19.3 Å². The van der Waals surface area contributed by atoms with Gasteiger partial charge >= 0.3 is 5.97 Å². The van der Waals surface area contributed by atoms with E-state index in [9.17, 15) is 9.90 Å². The van der Waals surface area contributed by atoms with Gasteiger partial charge in [0, 0.05) is 17.0 Å². The number of aliphatic hydroxyl groups excluding tert-OH is 1. The number of carbonyl (C=O) groups is 1. The molecule has 0 bridgehead atoms. The molecular formula is C26H23NO5S. The van der Waals surface area contributed by atoms with E-state index in [4.69, 9.17) is 19.2 Å². The first-order valence-electron chi connectivity index (χ1n) is 10.3. The van der Waals surface area contributed by atoms with Crippen molar-refractivity contribution < 1.29 is 24.1 Å². The SMILES string of the molecule is CCOC(=O)C1=C(O)C(=Cc2ccc(OC)cc2OC)SC1=Nc1cccc2ccccc12. The molecule has 0 saturated carbocycles. The van der Waals surface area contributed by atoms with E-state index in [0.717, 1.165) is 16.3 Å². The minimum absolute atomic E-state index is 0.0495. The molecule has 0 fully saturated rings. The van der Waals surface area contributed by atoms with Gasteiger partial charge in [-0.1, -0.05) is 48.2 Å². The maximum atomic E-state index is 12.7. The Balaban J connectivity index is 1.82. The highest BCUT2D eigenvalue weighted by Crippen LogP contribution is 2.42. The fraction of sp³-hybridized carbons (Fsp3) is 0.154. The zero-order valence-corrected chi connectivity index (χ0v) is 19.3. The van der Waals surface area contributed by atoms with E-state index < -0.39 is 5.97 Å². The van der Waals surface area contributed by atoms with Gasteiger partial charge in [0.1, 0.15) is 27.9 Å². The minimum Gasteiger partial charge on any atom is -0.506 e. The van der Waals surface area contributed by atoms with E-state index in [1.165, 1.54) is 11.8 Å². The fourth-order valence-corrected chi connectivity index (χ4v) is 4.50. The summed E-state index contributed by atoms with van der Waals surface area (Å²) in [6.45, 7) is 1.91. The molecule has 33 heavy (non-hydrogen) atoms. The van der Waals surface area contributed by atoms with Gasteiger partial charge in [0.05, 0.1) is 31.4 Å². The molecule has 3 aromatic carbocycles. The van der Waals surface area contributed by atoms with Crippen LogP contribution in [0, 0.1) is 0 Å². The van der Waals surface area contributed by atoms with Crippen LogP contribution in [0.1, 0.15) is 12.5 Å². The van der Waals surface area contributed by atoms with Crippen LogP contribution in [0.5, 0.6) is 11.5 Å². The predicted molar refractivity (Wildman–Crippen MR) is 132 cm³/mol. The van der Waals surface area contributed by atoms with Gasteiger partial charge in [-0.2, -0.15) is 0 Å². The lowest BCUT2D eigenvalue weighted by Gasteiger charge is -2.08. The molecule has 0 atom stereocenters. The van der Waals surface area contributed by atoms with Crippen LogP contribution in [0.3, 0.4) is 0 Å². The summed E-state index contributed by atoms with van der Waals surface area (Å²) >= 11 is 1.21. The van der Waals surface area contributed by atoms with Crippen LogP contribution >= 0.6 is 11.8 Å². The van der Waals surface area contributed by atoms with Crippen molar-refractivity contribution in [1.29, 1.82) is 0 Å². The summed E-state index contributed by atoms with van der Waals surface area (Å²) in [5.74, 6) is 0.438. The Morgan fingerprint density at radius 3 is 2.61 bits per heavy atom. The summed E-state index contributed by atoms with van der Waals surface area (Å²) < 4.78 is 15.9. The molecule has 1 aliphatic heterocycles. The van der Waals surface area contributed by atoms with Crippen molar-refractivity contribution in [2.45, 2.75) is 6.92 Å². The van der Waals surface area contributed by atoms with Crippen LogP contribution < -0.4 is 9.47 Å². The van der Waals surface area contributed by atoms with E-state index >= 15 is 0 Å². The zero-order chi connectivity index (χ0) is 23.4. The number of thioether (sulfide) groups is 1. The van der Waals surface area contributed by atoms with Gasteiger partial charge in [-0.05, 0) is 36.6 Å². The van der Waals surface area contributed by atoms with Gasteiger partial charge in [0.2, 0.25) is 0 Å². The number of hydrogen-bond acceptors (Lipinski definition) is 7. The van der Waals surface area contributed by atoms with Crippen molar-refractivity contribution in [2.75, 3.05) is 20.8 Å². The molecule has 6 nitrogen and oxygen atoms in total. The number of nitrogens with zero attached hydrogens (tertiary/aromatic N) is 1. The van der Waals surface area contributed by atoms with Crippen molar-refractivity contribution in [2.24, 2.45) is 4.99 Å². The molecule has 168 valence electrons. The number of aliphatic imine (C=N–C) groups is 1. The summed E-state index contributed by atoms with van der Waals surface area (Å²) in [7, 11) is 3.14. The standard InChI is InChI=1S/C26H23NO5S/c1-4-32-26(29)23-24(28)22(14-17-12-13-18(30-2)15-21(17)31-3)33-25(23)27-20-11-7-9-16-8-5-6-10-19(16)20/h5-15,28H,4H2,1-3H3. The first-order chi connectivity index (χ1) is 16.0. The summed E-state index contributed by atoms with van der Waals surface area (Å²) in [6, 6.07) is 19.0. The molecule has 7 heteroatoms. The second kappa shape index (κ2) is 9.83. The third-order valence-electron chi connectivity index (χ3n) is 5.09. The Morgan fingerprint density at radius 2 is 1.85 bits per heavy atom. The highest BCUT2D eigenvalue weighted by atomic mass is 32.2. The van der Waals surface area contributed by atoms with Crippen LogP contribution in [-0.4, -0.2) is 36.9 Å². The number of benzene rings is 3. The number of esters is 1. The second-order valence-corrected chi connectivity index (χ2v) is 8.11. The van der Waals surface area contributed by atoms with Gasteiger partial charge in [0.25, 0.3) is 0 Å². The topological polar surface area (TPSA) is 77.4 Å². The number of hydrogen-bond donors (Lipinski definition) is 1. The Hall–Kier alpha value is -3.71. The lowest BCUT2D eigenvalue weighted by Crippen LogP contribution is -2.12. The quantitative estimate of drug-likeness (QED) is 0.450. The largest absolute Gasteiger partial charge is 0.506 e. The molecule has 0 radical (unpaired) electrons. The maximum absolute atomic E-state index is 12.7. The van der Waals surface area contributed by atoms with E-state index in [2.05, 4.69) is 0 Å². The van der Waals surface area contributed by atoms with Crippen LogP contribution in [0.15, 0.2) is 81.9 Å². The molecule has 0 unspecified atom stereocenters. The predicted octanol–water partition coefficient (Wildman–Crippen LogP) is 6.05. The molecule has 1 aliphatic rings. The average molecular weight is 462 g/mol. The fourth-order valence-electron chi connectivity index (χ4n) is 3.49.